The highest BCUT2D eigenvalue weighted by Gasteiger charge is 2.00. The average Bonchev–Trinajstić information content (AvgIpc) is 2.18. The predicted molar refractivity (Wildman–Crippen MR) is 54.6 cm³/mol. The third kappa shape index (κ3) is 3.11. The van der Waals surface area contributed by atoms with Gasteiger partial charge < -0.3 is 10.1 Å². The topological polar surface area (TPSA) is 34.1 Å². The van der Waals surface area contributed by atoms with E-state index in [1.54, 1.807) is 13.3 Å². The van der Waals surface area contributed by atoms with Crippen LogP contribution in [0.25, 0.3) is 0 Å². The average molecular weight is 201 g/mol. The van der Waals surface area contributed by atoms with E-state index in [1.807, 2.05) is 19.1 Å². The maximum absolute atomic E-state index is 5.67. The SMILES string of the molecule is COc1cc(NC(C)CCl)ccn1. The van der Waals surface area contributed by atoms with Crippen molar-refractivity contribution in [2.24, 2.45) is 0 Å². The number of ether oxygens (including phenoxy) is 1. The second kappa shape index (κ2) is 4.92. The van der Waals surface area contributed by atoms with E-state index in [0.717, 1.165) is 5.69 Å². The molecule has 1 aromatic rings. The first kappa shape index (κ1) is 10.1. The van der Waals surface area contributed by atoms with Gasteiger partial charge in [0.1, 0.15) is 0 Å². The molecule has 0 aliphatic heterocycles. The van der Waals surface area contributed by atoms with Gasteiger partial charge in [0.05, 0.1) is 7.11 Å². The standard InChI is InChI=1S/C9H13ClN2O/c1-7(6-10)12-8-3-4-11-9(5-8)13-2/h3-5,7H,6H2,1-2H3,(H,11,12). The zero-order chi connectivity index (χ0) is 9.68. The molecule has 0 saturated carbocycles. The Morgan fingerprint density at radius 3 is 3.08 bits per heavy atom. The Kier molecular flexibility index (Phi) is 3.83. The van der Waals surface area contributed by atoms with Gasteiger partial charge in [-0.2, -0.15) is 0 Å². The molecule has 0 saturated heterocycles. The number of anilines is 1. The van der Waals surface area contributed by atoms with E-state index in [-0.39, 0.29) is 6.04 Å². The van der Waals surface area contributed by atoms with Gasteiger partial charge in [-0.1, -0.05) is 0 Å². The summed E-state index contributed by atoms with van der Waals surface area (Å²) in [6.45, 7) is 2.01. The smallest absolute Gasteiger partial charge is 0.214 e. The van der Waals surface area contributed by atoms with Crippen molar-refractivity contribution in [3.63, 3.8) is 0 Å². The van der Waals surface area contributed by atoms with Crippen molar-refractivity contribution < 1.29 is 4.74 Å². The number of halogens is 1. The number of nitrogens with zero attached hydrogens (tertiary/aromatic N) is 1. The lowest BCUT2D eigenvalue weighted by Gasteiger charge is -2.11. The lowest BCUT2D eigenvalue weighted by Crippen LogP contribution is -2.16. The number of methoxy groups -OCH3 is 1. The van der Waals surface area contributed by atoms with Gasteiger partial charge in [-0.05, 0) is 13.0 Å². The van der Waals surface area contributed by atoms with Crippen LogP contribution in [-0.4, -0.2) is 24.0 Å². The van der Waals surface area contributed by atoms with Crippen molar-refractivity contribution in [2.45, 2.75) is 13.0 Å². The van der Waals surface area contributed by atoms with Crippen LogP contribution in [0.4, 0.5) is 5.69 Å². The molecule has 0 aliphatic carbocycles. The number of pyridine rings is 1. The number of hydrogen-bond acceptors (Lipinski definition) is 3. The first-order valence-corrected chi connectivity index (χ1v) is 4.62. The van der Waals surface area contributed by atoms with Gasteiger partial charge >= 0.3 is 0 Å². The zero-order valence-corrected chi connectivity index (χ0v) is 8.51. The molecule has 4 heteroatoms. The maximum atomic E-state index is 5.67. The Balaban J connectivity index is 2.66. The number of rotatable bonds is 4. The van der Waals surface area contributed by atoms with E-state index in [2.05, 4.69) is 10.3 Å². The third-order valence-electron chi connectivity index (χ3n) is 1.59. The number of aromatic nitrogens is 1. The third-order valence-corrected chi connectivity index (χ3v) is 2.05. The molecule has 1 N–H and O–H groups in total. The summed E-state index contributed by atoms with van der Waals surface area (Å²) in [5.41, 5.74) is 0.972. The van der Waals surface area contributed by atoms with E-state index in [9.17, 15) is 0 Å². The summed E-state index contributed by atoms with van der Waals surface area (Å²) < 4.78 is 4.99. The van der Waals surface area contributed by atoms with Crippen LogP contribution in [-0.2, 0) is 0 Å². The van der Waals surface area contributed by atoms with Gasteiger partial charge in [0, 0.05) is 29.9 Å². The zero-order valence-electron chi connectivity index (χ0n) is 7.75. The van der Waals surface area contributed by atoms with Crippen LogP contribution in [0, 0.1) is 0 Å². The normalized spacial score (nSPS) is 12.2. The highest BCUT2D eigenvalue weighted by atomic mass is 35.5. The number of nitrogens with one attached hydrogen (secondary N) is 1. The summed E-state index contributed by atoms with van der Waals surface area (Å²) in [4.78, 5) is 4.00. The fourth-order valence-electron chi connectivity index (χ4n) is 0.934. The van der Waals surface area contributed by atoms with Crippen molar-refractivity contribution in [2.75, 3.05) is 18.3 Å². The van der Waals surface area contributed by atoms with Gasteiger partial charge in [0.2, 0.25) is 5.88 Å². The maximum Gasteiger partial charge on any atom is 0.214 e. The molecule has 0 radical (unpaired) electrons. The van der Waals surface area contributed by atoms with Crippen LogP contribution in [0.5, 0.6) is 5.88 Å². The largest absolute Gasteiger partial charge is 0.481 e. The van der Waals surface area contributed by atoms with Crippen molar-refractivity contribution in [3.05, 3.63) is 18.3 Å². The van der Waals surface area contributed by atoms with Gasteiger partial charge in [0.15, 0.2) is 0 Å². The highest BCUT2D eigenvalue weighted by molar-refractivity contribution is 6.18. The van der Waals surface area contributed by atoms with E-state index in [1.165, 1.54) is 0 Å². The van der Waals surface area contributed by atoms with E-state index in [0.29, 0.717) is 11.8 Å². The van der Waals surface area contributed by atoms with Crippen LogP contribution >= 0.6 is 11.6 Å². The van der Waals surface area contributed by atoms with Gasteiger partial charge in [-0.3, -0.25) is 0 Å². The molecule has 1 rings (SSSR count). The van der Waals surface area contributed by atoms with Crippen molar-refractivity contribution in [3.8, 4) is 5.88 Å². The molecule has 72 valence electrons. The van der Waals surface area contributed by atoms with Crippen molar-refractivity contribution >= 4 is 17.3 Å². The number of alkyl halides is 1. The minimum Gasteiger partial charge on any atom is -0.481 e. The molecule has 1 atom stereocenters. The Bertz CT molecular complexity index is 268. The number of hydrogen-bond donors (Lipinski definition) is 1. The molecule has 3 nitrogen and oxygen atoms in total. The van der Waals surface area contributed by atoms with Crippen LogP contribution in [0.15, 0.2) is 18.3 Å². The molecule has 0 bridgehead atoms. The molecule has 0 amide bonds. The monoisotopic (exact) mass is 200 g/mol. The molecule has 1 heterocycles. The van der Waals surface area contributed by atoms with Gasteiger partial charge in [0.25, 0.3) is 0 Å². The fraction of sp³-hybridized carbons (Fsp3) is 0.444. The van der Waals surface area contributed by atoms with Crippen LogP contribution in [0.3, 0.4) is 0 Å². The van der Waals surface area contributed by atoms with Gasteiger partial charge in [-0.15, -0.1) is 11.6 Å². The quantitative estimate of drug-likeness (QED) is 0.757. The summed E-state index contributed by atoms with van der Waals surface area (Å²) in [5.74, 6) is 1.18. The lowest BCUT2D eigenvalue weighted by molar-refractivity contribution is 0.398. The van der Waals surface area contributed by atoms with Gasteiger partial charge in [-0.25, -0.2) is 4.98 Å². The molecule has 0 spiro atoms. The Morgan fingerprint density at radius 2 is 2.46 bits per heavy atom. The van der Waals surface area contributed by atoms with Crippen LogP contribution in [0.1, 0.15) is 6.92 Å². The fourth-order valence-corrected chi connectivity index (χ4v) is 1.01. The molecule has 1 unspecified atom stereocenters. The second-order valence-electron chi connectivity index (χ2n) is 2.79. The van der Waals surface area contributed by atoms with E-state index >= 15 is 0 Å². The lowest BCUT2D eigenvalue weighted by atomic mass is 10.3. The highest BCUT2D eigenvalue weighted by Crippen LogP contribution is 2.14. The molecule has 0 aromatic carbocycles. The van der Waals surface area contributed by atoms with E-state index in [4.69, 9.17) is 16.3 Å². The Hall–Kier alpha value is -0.960. The van der Waals surface area contributed by atoms with Crippen LogP contribution in [0.2, 0.25) is 0 Å². The Labute approximate surface area is 83.1 Å². The second-order valence-corrected chi connectivity index (χ2v) is 3.10. The first-order chi connectivity index (χ1) is 6.26. The minimum absolute atomic E-state index is 0.244. The van der Waals surface area contributed by atoms with Crippen molar-refractivity contribution in [1.29, 1.82) is 0 Å². The summed E-state index contributed by atoms with van der Waals surface area (Å²) in [6, 6.07) is 3.96. The molecular weight excluding hydrogens is 188 g/mol. The molecule has 0 aliphatic rings. The summed E-state index contributed by atoms with van der Waals surface area (Å²) in [5, 5.41) is 3.21. The summed E-state index contributed by atoms with van der Waals surface area (Å²) in [6.07, 6.45) is 1.70. The molecular formula is C9H13ClN2O. The Morgan fingerprint density at radius 1 is 1.69 bits per heavy atom. The summed E-state index contributed by atoms with van der Waals surface area (Å²) >= 11 is 5.67. The molecule has 0 fully saturated rings. The minimum atomic E-state index is 0.244. The first-order valence-electron chi connectivity index (χ1n) is 4.09. The predicted octanol–water partition coefficient (Wildman–Crippen LogP) is 2.13. The summed E-state index contributed by atoms with van der Waals surface area (Å²) in [7, 11) is 1.59. The van der Waals surface area contributed by atoms with E-state index < -0.39 is 0 Å². The molecule has 1 aromatic heterocycles. The van der Waals surface area contributed by atoms with Crippen LogP contribution < -0.4 is 10.1 Å². The molecule has 13 heavy (non-hydrogen) atoms. The van der Waals surface area contributed by atoms with Crippen molar-refractivity contribution in [1.82, 2.24) is 4.98 Å².